The summed E-state index contributed by atoms with van der Waals surface area (Å²) < 4.78 is 0. The van der Waals surface area contributed by atoms with Gasteiger partial charge in [0, 0.05) is 51.6 Å². The van der Waals surface area contributed by atoms with Crippen molar-refractivity contribution >= 4 is 11.5 Å². The third-order valence-electron chi connectivity index (χ3n) is 6.35. The summed E-state index contributed by atoms with van der Waals surface area (Å²) in [6.45, 7) is 0. The van der Waals surface area contributed by atoms with E-state index in [1.807, 2.05) is 85.6 Å². The van der Waals surface area contributed by atoms with Gasteiger partial charge in [0.1, 0.15) is 5.82 Å². The van der Waals surface area contributed by atoms with E-state index < -0.39 is 5.92 Å². The number of allylic oxidation sites excluding steroid dienone is 3. The summed E-state index contributed by atoms with van der Waals surface area (Å²) in [5.74, 6) is 0.0954. The summed E-state index contributed by atoms with van der Waals surface area (Å²) in [6, 6.07) is 20.5. The minimum Gasteiger partial charge on any atom is -0.383 e. The number of carbonyl (C=O) groups excluding carboxylic acids is 1. The van der Waals surface area contributed by atoms with Gasteiger partial charge in [-0.15, -0.1) is 0 Å². The molecule has 2 aliphatic rings. The van der Waals surface area contributed by atoms with Crippen molar-refractivity contribution in [3.05, 3.63) is 88.4 Å². The molecule has 0 saturated carbocycles. The van der Waals surface area contributed by atoms with Gasteiger partial charge in [0.15, 0.2) is 5.78 Å². The van der Waals surface area contributed by atoms with E-state index in [0.29, 0.717) is 29.8 Å². The molecule has 32 heavy (non-hydrogen) atoms. The number of nitriles is 1. The maximum atomic E-state index is 13.6. The summed E-state index contributed by atoms with van der Waals surface area (Å²) in [7, 11) is 7.74. The van der Waals surface area contributed by atoms with Crippen molar-refractivity contribution in [1.82, 2.24) is 10.0 Å². The Kier molecular flexibility index (Phi) is 5.77. The zero-order valence-electron chi connectivity index (χ0n) is 19.0. The molecule has 6 heteroatoms. The Balaban J connectivity index is 1.86. The molecular weight excluding hydrogens is 398 g/mol. The van der Waals surface area contributed by atoms with Gasteiger partial charge in [0.2, 0.25) is 0 Å². The quantitative estimate of drug-likeness (QED) is 0.801. The molecule has 6 nitrogen and oxygen atoms in total. The molecule has 0 fully saturated rings. The topological polar surface area (TPSA) is 76.6 Å². The van der Waals surface area contributed by atoms with Crippen molar-refractivity contribution in [3.8, 4) is 6.07 Å². The molecule has 1 heterocycles. The predicted octanol–water partition coefficient (Wildman–Crippen LogP) is 3.72. The van der Waals surface area contributed by atoms with Gasteiger partial charge in [-0.2, -0.15) is 5.26 Å². The molecule has 0 amide bonds. The first-order valence-electron chi connectivity index (χ1n) is 10.8. The summed E-state index contributed by atoms with van der Waals surface area (Å²) in [6.07, 6.45) is 1.12. The van der Waals surface area contributed by atoms with E-state index in [1.54, 1.807) is 0 Å². The fourth-order valence-corrected chi connectivity index (χ4v) is 4.83. The third kappa shape index (κ3) is 3.65. The lowest BCUT2D eigenvalue weighted by Gasteiger charge is -2.43. The SMILES string of the molecule is CN(C)c1ccc([C@@H]2C(C#N)=C(N)N(N(C)C)C3=C2C(=O)C[C@@H](c2ccccc2)C3)cc1. The van der Waals surface area contributed by atoms with Gasteiger partial charge >= 0.3 is 0 Å². The standard InChI is InChI=1S/C26H29N5O/c1-29(2)20-12-10-18(11-13-20)24-21(16-27)26(28)31(30(3)4)22-14-19(15-23(32)25(22)24)17-8-6-5-7-9-17/h5-13,19,24H,14-15,28H2,1-4H3/t19-,24+/m0/s1. The van der Waals surface area contributed by atoms with Gasteiger partial charge in [-0.05, 0) is 35.6 Å². The maximum absolute atomic E-state index is 13.6. The number of hydrazine groups is 1. The summed E-state index contributed by atoms with van der Waals surface area (Å²) in [4.78, 5) is 15.6. The molecule has 4 rings (SSSR count). The molecule has 2 atom stereocenters. The van der Waals surface area contributed by atoms with Gasteiger partial charge < -0.3 is 10.6 Å². The lowest BCUT2D eigenvalue weighted by atomic mass is 9.72. The Bertz CT molecular complexity index is 1120. The average Bonchev–Trinajstić information content (AvgIpc) is 2.78. The normalized spacial score (nSPS) is 21.0. The number of anilines is 1. The van der Waals surface area contributed by atoms with Crippen molar-refractivity contribution < 1.29 is 4.79 Å². The Morgan fingerprint density at radius 3 is 2.19 bits per heavy atom. The van der Waals surface area contributed by atoms with Crippen molar-refractivity contribution in [2.45, 2.75) is 24.7 Å². The van der Waals surface area contributed by atoms with E-state index in [9.17, 15) is 10.1 Å². The smallest absolute Gasteiger partial charge is 0.162 e. The maximum Gasteiger partial charge on any atom is 0.162 e. The average molecular weight is 428 g/mol. The number of rotatable bonds is 4. The molecule has 1 aliphatic heterocycles. The molecule has 164 valence electrons. The molecular formula is C26H29N5O. The second kappa shape index (κ2) is 8.52. The number of hydrogen-bond donors (Lipinski definition) is 1. The number of Topliss-reactive ketones (excluding diaryl/α,β-unsaturated/α-hetero) is 1. The molecule has 0 bridgehead atoms. The minimum absolute atomic E-state index is 0.0777. The van der Waals surface area contributed by atoms with Crippen LogP contribution in [0, 0.1) is 11.3 Å². The van der Waals surface area contributed by atoms with E-state index in [-0.39, 0.29) is 11.7 Å². The number of ketones is 1. The molecule has 2 aromatic carbocycles. The van der Waals surface area contributed by atoms with Crippen LogP contribution in [0.3, 0.4) is 0 Å². The number of carbonyl (C=O) groups is 1. The Morgan fingerprint density at radius 1 is 0.969 bits per heavy atom. The van der Waals surface area contributed by atoms with E-state index in [0.717, 1.165) is 22.5 Å². The summed E-state index contributed by atoms with van der Waals surface area (Å²) in [5.41, 5.74) is 11.7. The Hall–Kier alpha value is -3.56. The number of nitrogens with zero attached hydrogens (tertiary/aromatic N) is 4. The summed E-state index contributed by atoms with van der Waals surface area (Å²) >= 11 is 0. The van der Waals surface area contributed by atoms with Crippen LogP contribution in [0.4, 0.5) is 5.69 Å². The molecule has 0 unspecified atom stereocenters. The number of nitrogens with two attached hydrogens (primary N) is 1. The second-order valence-electron chi connectivity index (χ2n) is 8.79. The fraction of sp³-hybridized carbons (Fsp3) is 0.308. The van der Waals surface area contributed by atoms with Crippen LogP contribution in [0.2, 0.25) is 0 Å². The van der Waals surface area contributed by atoms with Crippen LogP contribution in [-0.2, 0) is 4.79 Å². The highest BCUT2D eigenvalue weighted by Crippen LogP contribution is 2.48. The van der Waals surface area contributed by atoms with Crippen LogP contribution in [0.5, 0.6) is 0 Å². The Labute approximate surface area is 189 Å². The van der Waals surface area contributed by atoms with Crippen molar-refractivity contribution in [3.63, 3.8) is 0 Å². The lowest BCUT2D eigenvalue weighted by molar-refractivity contribution is -0.117. The highest BCUT2D eigenvalue weighted by Gasteiger charge is 2.43. The van der Waals surface area contributed by atoms with E-state index >= 15 is 0 Å². The fourth-order valence-electron chi connectivity index (χ4n) is 4.83. The monoisotopic (exact) mass is 427 g/mol. The Morgan fingerprint density at radius 2 is 1.62 bits per heavy atom. The minimum atomic E-state index is -0.452. The van der Waals surface area contributed by atoms with Crippen LogP contribution in [0.25, 0.3) is 0 Å². The lowest BCUT2D eigenvalue weighted by Crippen LogP contribution is -2.46. The first-order chi connectivity index (χ1) is 15.3. The molecule has 2 aromatic rings. The second-order valence-corrected chi connectivity index (χ2v) is 8.79. The van der Waals surface area contributed by atoms with E-state index in [2.05, 4.69) is 18.2 Å². The third-order valence-corrected chi connectivity index (χ3v) is 6.35. The van der Waals surface area contributed by atoms with E-state index in [1.165, 1.54) is 0 Å². The van der Waals surface area contributed by atoms with Gasteiger partial charge in [-0.3, -0.25) is 9.80 Å². The number of hydrogen-bond acceptors (Lipinski definition) is 6. The van der Waals surface area contributed by atoms with Gasteiger partial charge in [0.25, 0.3) is 0 Å². The van der Waals surface area contributed by atoms with Crippen LogP contribution in [0.1, 0.15) is 35.8 Å². The van der Waals surface area contributed by atoms with Crippen molar-refractivity contribution in [1.29, 1.82) is 5.26 Å². The highest BCUT2D eigenvalue weighted by molar-refractivity contribution is 6.00. The van der Waals surface area contributed by atoms with Crippen molar-refractivity contribution in [2.75, 3.05) is 33.1 Å². The highest BCUT2D eigenvalue weighted by atomic mass is 16.1. The van der Waals surface area contributed by atoms with Crippen molar-refractivity contribution in [2.24, 2.45) is 5.73 Å². The van der Waals surface area contributed by atoms with Crippen LogP contribution < -0.4 is 10.6 Å². The van der Waals surface area contributed by atoms with Crippen LogP contribution in [0.15, 0.2) is 77.3 Å². The molecule has 2 N–H and O–H groups in total. The molecule has 1 aliphatic carbocycles. The zero-order chi connectivity index (χ0) is 23.0. The molecule has 0 aromatic heterocycles. The largest absolute Gasteiger partial charge is 0.383 e. The molecule has 0 radical (unpaired) electrons. The van der Waals surface area contributed by atoms with Gasteiger partial charge in [0.05, 0.1) is 17.6 Å². The first-order valence-corrected chi connectivity index (χ1v) is 10.8. The van der Waals surface area contributed by atoms with E-state index in [4.69, 9.17) is 5.73 Å². The molecule has 0 saturated heterocycles. The van der Waals surface area contributed by atoms with Crippen LogP contribution >= 0.6 is 0 Å². The van der Waals surface area contributed by atoms with Gasteiger partial charge in [-0.1, -0.05) is 42.5 Å². The zero-order valence-corrected chi connectivity index (χ0v) is 19.0. The predicted molar refractivity (Wildman–Crippen MR) is 126 cm³/mol. The molecule has 0 spiro atoms. The van der Waals surface area contributed by atoms with Gasteiger partial charge in [-0.25, -0.2) is 5.01 Å². The van der Waals surface area contributed by atoms with Crippen LogP contribution in [-0.4, -0.2) is 44.0 Å². The summed E-state index contributed by atoms with van der Waals surface area (Å²) in [5, 5.41) is 13.8. The first kappa shape index (κ1) is 21.7. The number of benzene rings is 2.